The zero-order valence-corrected chi connectivity index (χ0v) is 21.3. The molecule has 0 radical (unpaired) electrons. The van der Waals surface area contributed by atoms with Gasteiger partial charge in [-0.3, -0.25) is 9.59 Å². The average molecular weight is 497 g/mol. The molecular weight excluding hydrogens is 464 g/mol. The van der Waals surface area contributed by atoms with Crippen LogP contribution < -0.4 is 10.1 Å². The van der Waals surface area contributed by atoms with Crippen LogP contribution in [0.5, 0.6) is 5.75 Å². The molecule has 0 saturated carbocycles. The molecule has 1 heterocycles. The summed E-state index contributed by atoms with van der Waals surface area (Å²) in [7, 11) is 1.61. The predicted octanol–water partition coefficient (Wildman–Crippen LogP) is 5.36. The lowest BCUT2D eigenvalue weighted by Crippen LogP contribution is -2.39. The molecule has 1 aromatic heterocycles. The molecule has 0 aliphatic heterocycles. The van der Waals surface area contributed by atoms with Crippen molar-refractivity contribution in [1.82, 2.24) is 14.7 Å². The summed E-state index contributed by atoms with van der Waals surface area (Å²) in [6.07, 6.45) is 1.97. The average Bonchev–Trinajstić information content (AvgIpc) is 3.36. The van der Waals surface area contributed by atoms with Crippen LogP contribution in [0.15, 0.2) is 91.0 Å². The minimum atomic E-state index is -0.268. The Balaban J connectivity index is 1.52. The van der Waals surface area contributed by atoms with Crippen molar-refractivity contribution in [3.8, 4) is 22.7 Å². The van der Waals surface area contributed by atoms with Crippen LogP contribution in [-0.4, -0.2) is 46.7 Å². The number of aromatic nitrogens is 2. The number of rotatable bonds is 11. The number of anilines is 1. The maximum absolute atomic E-state index is 13.2. The summed E-state index contributed by atoms with van der Waals surface area (Å²) in [5.41, 5.74) is 3.41. The van der Waals surface area contributed by atoms with Crippen LogP contribution in [0.2, 0.25) is 0 Å². The SMILES string of the molecule is CCCCN(CC(=O)Nc1cc(-c2ccccc2)nn1-c1ccccc1)C(=O)Cc1ccc(OC)cc1. The quantitative estimate of drug-likeness (QED) is 0.303. The summed E-state index contributed by atoms with van der Waals surface area (Å²) in [6, 6.07) is 28.7. The number of hydrogen-bond acceptors (Lipinski definition) is 4. The smallest absolute Gasteiger partial charge is 0.245 e. The molecule has 0 saturated heterocycles. The second-order valence-corrected chi connectivity index (χ2v) is 8.77. The summed E-state index contributed by atoms with van der Waals surface area (Å²) < 4.78 is 6.92. The molecule has 37 heavy (non-hydrogen) atoms. The molecule has 0 fully saturated rings. The van der Waals surface area contributed by atoms with Gasteiger partial charge in [-0.25, -0.2) is 4.68 Å². The van der Waals surface area contributed by atoms with Crippen molar-refractivity contribution in [2.75, 3.05) is 25.5 Å². The lowest BCUT2D eigenvalue weighted by Gasteiger charge is -2.22. The molecule has 1 N–H and O–H groups in total. The van der Waals surface area contributed by atoms with Crippen molar-refractivity contribution in [3.63, 3.8) is 0 Å². The Morgan fingerprint density at radius 1 is 0.946 bits per heavy atom. The number of carbonyl (C=O) groups is 2. The van der Waals surface area contributed by atoms with Gasteiger partial charge in [0.1, 0.15) is 11.6 Å². The second kappa shape index (κ2) is 12.5. The first kappa shape index (κ1) is 25.7. The van der Waals surface area contributed by atoms with E-state index in [0.29, 0.717) is 12.4 Å². The predicted molar refractivity (Wildman–Crippen MR) is 146 cm³/mol. The number of benzene rings is 3. The van der Waals surface area contributed by atoms with Crippen molar-refractivity contribution in [1.29, 1.82) is 0 Å². The lowest BCUT2D eigenvalue weighted by atomic mass is 10.1. The van der Waals surface area contributed by atoms with Gasteiger partial charge in [0.25, 0.3) is 0 Å². The summed E-state index contributed by atoms with van der Waals surface area (Å²) in [6.45, 7) is 2.55. The highest BCUT2D eigenvalue weighted by Crippen LogP contribution is 2.24. The molecule has 3 aromatic carbocycles. The van der Waals surface area contributed by atoms with E-state index < -0.39 is 0 Å². The third kappa shape index (κ3) is 6.85. The van der Waals surface area contributed by atoms with Crippen LogP contribution in [-0.2, 0) is 16.0 Å². The summed E-state index contributed by atoms with van der Waals surface area (Å²) in [4.78, 5) is 28.0. The van der Waals surface area contributed by atoms with Crippen LogP contribution in [0.3, 0.4) is 0 Å². The van der Waals surface area contributed by atoms with Crippen molar-refractivity contribution < 1.29 is 14.3 Å². The molecule has 0 aliphatic carbocycles. The van der Waals surface area contributed by atoms with Crippen LogP contribution in [0.25, 0.3) is 16.9 Å². The van der Waals surface area contributed by atoms with Crippen LogP contribution >= 0.6 is 0 Å². The van der Waals surface area contributed by atoms with Gasteiger partial charge < -0.3 is 15.0 Å². The fraction of sp³-hybridized carbons (Fsp3) is 0.233. The van der Waals surface area contributed by atoms with E-state index in [4.69, 9.17) is 9.84 Å². The Morgan fingerprint density at radius 3 is 2.27 bits per heavy atom. The standard InChI is InChI=1S/C30H32N4O3/c1-3-4-19-33(30(36)20-23-15-17-26(37-2)18-16-23)22-29(35)31-28-21-27(24-11-7-5-8-12-24)32-34(28)25-13-9-6-10-14-25/h5-18,21H,3-4,19-20,22H2,1-2H3,(H,31,35). The summed E-state index contributed by atoms with van der Waals surface area (Å²) >= 11 is 0. The lowest BCUT2D eigenvalue weighted by molar-refractivity contribution is -0.134. The first-order valence-corrected chi connectivity index (χ1v) is 12.5. The Bertz CT molecular complexity index is 1300. The monoisotopic (exact) mass is 496 g/mol. The van der Waals surface area contributed by atoms with E-state index >= 15 is 0 Å². The summed E-state index contributed by atoms with van der Waals surface area (Å²) in [5.74, 6) is 0.933. The number of ether oxygens (including phenoxy) is 1. The molecule has 7 nitrogen and oxygen atoms in total. The van der Waals surface area contributed by atoms with Crippen molar-refractivity contribution in [2.24, 2.45) is 0 Å². The van der Waals surface area contributed by atoms with Crippen molar-refractivity contribution in [3.05, 3.63) is 96.6 Å². The maximum Gasteiger partial charge on any atom is 0.245 e. The van der Waals surface area contributed by atoms with E-state index in [9.17, 15) is 9.59 Å². The van der Waals surface area contributed by atoms with Crippen molar-refractivity contribution >= 4 is 17.6 Å². The van der Waals surface area contributed by atoms with Gasteiger partial charge in [-0.1, -0.05) is 74.0 Å². The maximum atomic E-state index is 13.2. The Hall–Kier alpha value is -4.39. The number of nitrogens with zero attached hydrogens (tertiary/aromatic N) is 3. The van der Waals surface area contributed by atoms with E-state index in [0.717, 1.165) is 41.1 Å². The fourth-order valence-corrected chi connectivity index (χ4v) is 4.01. The third-order valence-corrected chi connectivity index (χ3v) is 6.03. The van der Waals surface area contributed by atoms with Gasteiger partial charge in [-0.05, 0) is 36.2 Å². The van der Waals surface area contributed by atoms with E-state index in [2.05, 4.69) is 12.2 Å². The molecule has 7 heteroatoms. The zero-order chi connectivity index (χ0) is 26.0. The molecule has 0 bridgehead atoms. The highest BCUT2D eigenvalue weighted by atomic mass is 16.5. The number of amides is 2. The molecule has 2 amide bonds. The van der Waals surface area contributed by atoms with Crippen LogP contribution in [0.4, 0.5) is 5.82 Å². The van der Waals surface area contributed by atoms with Crippen LogP contribution in [0.1, 0.15) is 25.3 Å². The van der Waals surface area contributed by atoms with Crippen molar-refractivity contribution in [2.45, 2.75) is 26.2 Å². The number of unbranched alkanes of at least 4 members (excludes halogenated alkanes) is 1. The number of para-hydroxylation sites is 1. The molecular formula is C30H32N4O3. The fourth-order valence-electron chi connectivity index (χ4n) is 4.01. The molecule has 4 aromatic rings. The molecule has 0 spiro atoms. The van der Waals surface area contributed by atoms with E-state index in [1.807, 2.05) is 91.0 Å². The molecule has 4 rings (SSSR count). The van der Waals surface area contributed by atoms with Gasteiger partial charge >= 0.3 is 0 Å². The summed E-state index contributed by atoms with van der Waals surface area (Å²) in [5, 5.41) is 7.74. The third-order valence-electron chi connectivity index (χ3n) is 6.03. The number of carbonyl (C=O) groups excluding carboxylic acids is 2. The first-order valence-electron chi connectivity index (χ1n) is 12.5. The molecule has 190 valence electrons. The van der Waals surface area contributed by atoms with Crippen LogP contribution in [0, 0.1) is 0 Å². The number of hydrogen-bond donors (Lipinski definition) is 1. The number of nitrogens with one attached hydrogen (secondary N) is 1. The minimum absolute atomic E-state index is 0.0321. The second-order valence-electron chi connectivity index (χ2n) is 8.77. The largest absolute Gasteiger partial charge is 0.497 e. The Labute approximate surface area is 217 Å². The molecule has 0 unspecified atom stereocenters. The number of methoxy groups -OCH3 is 1. The van der Waals surface area contributed by atoms with Gasteiger partial charge in [0.05, 0.1) is 31.5 Å². The van der Waals surface area contributed by atoms with Gasteiger partial charge in [0.15, 0.2) is 0 Å². The highest BCUT2D eigenvalue weighted by molar-refractivity contribution is 5.95. The molecule has 0 atom stereocenters. The Morgan fingerprint density at radius 2 is 1.62 bits per heavy atom. The topological polar surface area (TPSA) is 76.5 Å². The van der Waals surface area contributed by atoms with Gasteiger partial charge in [-0.15, -0.1) is 0 Å². The minimum Gasteiger partial charge on any atom is -0.497 e. The van der Waals surface area contributed by atoms with E-state index in [-0.39, 0.29) is 24.8 Å². The van der Waals surface area contributed by atoms with E-state index in [1.165, 1.54) is 0 Å². The Kier molecular flexibility index (Phi) is 8.70. The zero-order valence-electron chi connectivity index (χ0n) is 21.3. The highest BCUT2D eigenvalue weighted by Gasteiger charge is 2.20. The first-order chi connectivity index (χ1) is 18.1. The van der Waals surface area contributed by atoms with Gasteiger partial charge in [0, 0.05) is 18.2 Å². The molecule has 0 aliphatic rings. The van der Waals surface area contributed by atoms with E-state index in [1.54, 1.807) is 16.7 Å². The normalized spacial score (nSPS) is 10.6. The van der Waals surface area contributed by atoms with Gasteiger partial charge in [0.2, 0.25) is 11.8 Å². The van der Waals surface area contributed by atoms with Gasteiger partial charge in [-0.2, -0.15) is 5.10 Å².